The Morgan fingerprint density at radius 2 is 1.65 bits per heavy atom. The lowest BCUT2D eigenvalue weighted by Gasteiger charge is -2.14. The minimum absolute atomic E-state index is 0.0197. The second-order valence-electron chi connectivity index (χ2n) is 9.47. The molecule has 9 nitrogen and oxygen atoms in total. The Hall–Kier alpha value is -3.95. The topological polar surface area (TPSA) is 126 Å². The highest BCUT2D eigenvalue weighted by Gasteiger charge is 2.11. The van der Waals surface area contributed by atoms with E-state index in [1.54, 1.807) is 12.5 Å². The smallest absolute Gasteiger partial charge is 0.251 e. The third-order valence-corrected chi connectivity index (χ3v) is 6.70. The second-order valence-corrected chi connectivity index (χ2v) is 10.3. The van der Waals surface area contributed by atoms with E-state index in [2.05, 4.69) is 45.7 Å². The van der Waals surface area contributed by atoms with Crippen molar-refractivity contribution in [3.05, 3.63) is 76.9 Å². The summed E-state index contributed by atoms with van der Waals surface area (Å²) in [5, 5.41) is 21.2. The van der Waals surface area contributed by atoms with E-state index in [1.807, 2.05) is 58.9 Å². The van der Waals surface area contributed by atoms with Gasteiger partial charge in [0.1, 0.15) is 11.7 Å². The number of benzene rings is 1. The van der Waals surface area contributed by atoms with Crippen LogP contribution in [0.25, 0.3) is 0 Å². The molecule has 270 valence electrons. The van der Waals surface area contributed by atoms with Crippen molar-refractivity contribution in [2.75, 3.05) is 50.8 Å². The largest absolute Gasteiger partial charge is 0.385 e. The number of amides is 3. The van der Waals surface area contributed by atoms with Gasteiger partial charge >= 0.3 is 0 Å². The molecule has 0 aliphatic carbocycles. The van der Waals surface area contributed by atoms with Gasteiger partial charge in [-0.2, -0.15) is 5.26 Å². The number of likely N-dealkylation sites (tertiary alicyclic amines) is 1. The summed E-state index contributed by atoms with van der Waals surface area (Å²) in [4.78, 5) is 35.0. The SMILES string of the molecule is C=C(F)/C=C(F)\C=C(/C)NC=O.CC.CC.CC/C(C#N)=C\SCC(=O)NC.CCCNc1ccc(C(=O)NCCN2CCCC2)cc1. The lowest BCUT2D eigenvalue weighted by molar-refractivity contribution is -0.118. The van der Waals surface area contributed by atoms with E-state index < -0.39 is 11.7 Å². The molecule has 3 amide bonds. The first-order valence-corrected chi connectivity index (χ1v) is 17.5. The number of carbonyl (C=O) groups is 3. The van der Waals surface area contributed by atoms with Crippen LogP contribution in [0, 0.1) is 11.3 Å². The molecule has 12 heteroatoms. The fourth-order valence-electron chi connectivity index (χ4n) is 3.46. The zero-order valence-corrected chi connectivity index (χ0v) is 31.0. The van der Waals surface area contributed by atoms with Gasteiger partial charge < -0.3 is 26.2 Å². The van der Waals surface area contributed by atoms with Crippen molar-refractivity contribution in [2.24, 2.45) is 0 Å². The lowest BCUT2D eigenvalue weighted by Crippen LogP contribution is -2.33. The van der Waals surface area contributed by atoms with Crippen molar-refractivity contribution >= 4 is 35.7 Å². The van der Waals surface area contributed by atoms with Gasteiger partial charge in [0.25, 0.3) is 5.91 Å². The van der Waals surface area contributed by atoms with Crippen LogP contribution in [0.2, 0.25) is 0 Å². The molecule has 0 saturated carbocycles. The van der Waals surface area contributed by atoms with Crippen molar-refractivity contribution in [1.29, 1.82) is 5.26 Å². The van der Waals surface area contributed by atoms with Crippen molar-refractivity contribution in [1.82, 2.24) is 20.9 Å². The number of allylic oxidation sites excluding steroid dienone is 6. The summed E-state index contributed by atoms with van der Waals surface area (Å²) in [6, 6.07) is 9.74. The number of rotatable bonds is 15. The predicted molar refractivity (Wildman–Crippen MR) is 199 cm³/mol. The first-order chi connectivity index (χ1) is 23.1. The van der Waals surface area contributed by atoms with E-state index in [-0.39, 0.29) is 11.8 Å². The number of nitrogens with zero attached hydrogens (tertiary/aromatic N) is 2. The van der Waals surface area contributed by atoms with Gasteiger partial charge in [-0.05, 0) is 81.4 Å². The summed E-state index contributed by atoms with van der Waals surface area (Å²) in [5.74, 6) is -1.30. The first-order valence-electron chi connectivity index (χ1n) is 16.5. The number of anilines is 1. The molecule has 0 unspecified atom stereocenters. The number of thioether (sulfide) groups is 1. The van der Waals surface area contributed by atoms with E-state index in [9.17, 15) is 23.2 Å². The Kier molecular flexibility index (Phi) is 34.7. The molecule has 0 bridgehead atoms. The number of hydrogen-bond acceptors (Lipinski definition) is 7. The minimum Gasteiger partial charge on any atom is -0.385 e. The predicted octanol–water partition coefficient (Wildman–Crippen LogP) is 7.64. The number of carbonyl (C=O) groups excluding carboxylic acids is 3. The fraction of sp³-hybridized carbons (Fsp3) is 0.500. The van der Waals surface area contributed by atoms with Gasteiger partial charge in [-0.15, -0.1) is 11.8 Å². The number of hydrogen-bond donors (Lipinski definition) is 4. The van der Waals surface area contributed by atoms with Crippen LogP contribution >= 0.6 is 11.8 Å². The highest BCUT2D eigenvalue weighted by Crippen LogP contribution is 2.11. The fourth-order valence-corrected chi connectivity index (χ4v) is 4.26. The molecule has 0 aromatic heterocycles. The van der Waals surface area contributed by atoms with Gasteiger partial charge in [0, 0.05) is 55.3 Å². The molecular formula is C36H58F2N6O3S. The Morgan fingerprint density at radius 3 is 2.12 bits per heavy atom. The molecule has 2 rings (SSSR count). The zero-order chi connectivity index (χ0) is 37.2. The molecule has 48 heavy (non-hydrogen) atoms. The Balaban J connectivity index is -0.000000632. The molecule has 0 atom stereocenters. The molecular weight excluding hydrogens is 634 g/mol. The van der Waals surface area contributed by atoms with Crippen LogP contribution in [0.5, 0.6) is 0 Å². The van der Waals surface area contributed by atoms with Gasteiger partial charge in [-0.25, -0.2) is 8.78 Å². The minimum atomic E-state index is -0.873. The number of nitrogens with one attached hydrogen (secondary N) is 4. The molecule has 1 saturated heterocycles. The van der Waals surface area contributed by atoms with Gasteiger partial charge in [0.15, 0.2) is 0 Å². The molecule has 0 radical (unpaired) electrons. The Bertz CT molecular complexity index is 1160. The average Bonchev–Trinajstić information content (AvgIpc) is 3.61. The Labute approximate surface area is 292 Å². The summed E-state index contributed by atoms with van der Waals surface area (Å²) >= 11 is 1.35. The van der Waals surface area contributed by atoms with Gasteiger partial charge in [0.05, 0.1) is 11.8 Å². The maximum absolute atomic E-state index is 12.6. The van der Waals surface area contributed by atoms with Gasteiger partial charge in [0.2, 0.25) is 12.3 Å². The van der Waals surface area contributed by atoms with Crippen LogP contribution in [-0.2, 0) is 9.59 Å². The summed E-state index contributed by atoms with van der Waals surface area (Å²) < 4.78 is 24.5. The van der Waals surface area contributed by atoms with E-state index in [0.29, 0.717) is 29.5 Å². The highest BCUT2D eigenvalue weighted by atomic mass is 32.2. The summed E-state index contributed by atoms with van der Waals surface area (Å²) in [6.07, 6.45) is 6.41. The highest BCUT2D eigenvalue weighted by molar-refractivity contribution is 8.02. The normalized spacial score (nSPS) is 12.4. The molecule has 4 N–H and O–H groups in total. The maximum atomic E-state index is 12.6. The van der Waals surface area contributed by atoms with Crippen molar-refractivity contribution in [2.45, 2.75) is 74.1 Å². The van der Waals surface area contributed by atoms with Crippen LogP contribution in [0.4, 0.5) is 14.5 Å². The second kappa shape index (κ2) is 34.4. The van der Waals surface area contributed by atoms with E-state index >= 15 is 0 Å². The number of halogens is 2. The molecule has 1 fully saturated rings. The summed E-state index contributed by atoms with van der Waals surface area (Å²) in [7, 11) is 1.59. The third kappa shape index (κ3) is 28.3. The third-order valence-electron chi connectivity index (χ3n) is 5.82. The Morgan fingerprint density at radius 1 is 1.04 bits per heavy atom. The quantitative estimate of drug-likeness (QED) is 0.0846. The summed E-state index contributed by atoms with van der Waals surface area (Å²) in [5.41, 5.74) is 2.80. The maximum Gasteiger partial charge on any atom is 0.251 e. The lowest BCUT2D eigenvalue weighted by atomic mass is 10.2. The van der Waals surface area contributed by atoms with Gasteiger partial charge in [-0.3, -0.25) is 14.4 Å². The number of nitriles is 1. The molecule has 1 aromatic carbocycles. The average molecular weight is 693 g/mol. The van der Waals surface area contributed by atoms with Crippen molar-refractivity contribution in [3.63, 3.8) is 0 Å². The molecule has 1 aliphatic rings. The standard InChI is InChI=1S/C16H25N3O.C8H9F2NO.C8H12N2OS.2C2H6/c1-2-9-17-15-7-5-14(6-8-15)16(20)18-10-13-19-11-3-4-12-19;1-6(9)3-8(10)4-7(2)11-5-12;1-3-7(4-9)5-12-6-8(11)10-2;2*1-2/h5-8,17H,2-4,9-13H2,1H3,(H,18,20);3-5H,1H2,2H3,(H,11,12);5H,3,6H2,1-2H3,(H,10,11);2*1-2H3/b;7-4+,8-3+;7-5+;;. The zero-order valence-electron chi connectivity index (χ0n) is 30.2. The van der Waals surface area contributed by atoms with Crippen molar-refractivity contribution < 1.29 is 23.2 Å². The van der Waals surface area contributed by atoms with E-state index in [0.717, 1.165) is 49.8 Å². The van der Waals surface area contributed by atoms with Crippen LogP contribution in [-0.4, -0.2) is 68.6 Å². The molecule has 1 aromatic rings. The first kappa shape index (κ1) is 48.4. The van der Waals surface area contributed by atoms with Crippen LogP contribution < -0.4 is 21.3 Å². The molecule has 0 spiro atoms. The summed E-state index contributed by atoms with van der Waals surface area (Å²) in [6.45, 7) is 21.4. The van der Waals surface area contributed by atoms with Crippen LogP contribution in [0.3, 0.4) is 0 Å². The van der Waals surface area contributed by atoms with Crippen LogP contribution in [0.1, 0.15) is 84.5 Å². The van der Waals surface area contributed by atoms with Gasteiger partial charge in [-0.1, -0.05) is 48.1 Å². The molecule has 1 heterocycles. The molecule has 1 aliphatic heterocycles. The monoisotopic (exact) mass is 692 g/mol. The van der Waals surface area contributed by atoms with Crippen molar-refractivity contribution in [3.8, 4) is 6.07 Å². The van der Waals surface area contributed by atoms with E-state index in [4.69, 9.17) is 5.26 Å². The van der Waals surface area contributed by atoms with E-state index in [1.165, 1.54) is 44.6 Å². The van der Waals surface area contributed by atoms with Crippen LogP contribution in [0.15, 0.2) is 71.3 Å².